The molecule has 0 aromatic heterocycles. The number of halogens is 1. The maximum atomic E-state index is 12.4. The summed E-state index contributed by atoms with van der Waals surface area (Å²) in [5, 5.41) is 13.6. The van der Waals surface area contributed by atoms with E-state index in [4.69, 9.17) is 0 Å². The van der Waals surface area contributed by atoms with E-state index in [-0.39, 0.29) is 23.8 Å². The zero-order chi connectivity index (χ0) is 17.7. The number of hydrogen-bond donors (Lipinski definition) is 1. The molecule has 0 aliphatic carbocycles. The van der Waals surface area contributed by atoms with Gasteiger partial charge < -0.3 is 5.32 Å². The molecular weight excluding hydrogens is 376 g/mol. The van der Waals surface area contributed by atoms with Gasteiger partial charge in [0.2, 0.25) is 5.91 Å². The van der Waals surface area contributed by atoms with Crippen LogP contribution in [0.5, 0.6) is 0 Å². The van der Waals surface area contributed by atoms with Gasteiger partial charge in [0, 0.05) is 35.5 Å². The molecule has 0 radical (unpaired) electrons. The van der Waals surface area contributed by atoms with Crippen molar-refractivity contribution in [3.05, 3.63) is 74.2 Å². The van der Waals surface area contributed by atoms with E-state index in [1.54, 1.807) is 30.3 Å². The van der Waals surface area contributed by atoms with Gasteiger partial charge in [-0.1, -0.05) is 40.2 Å². The van der Waals surface area contributed by atoms with Gasteiger partial charge in [0.05, 0.1) is 11.0 Å². The van der Waals surface area contributed by atoms with Crippen LogP contribution in [0, 0.1) is 10.1 Å². The van der Waals surface area contributed by atoms with E-state index in [1.807, 2.05) is 0 Å². The fraction of sp³-hybridized carbons (Fsp3) is 0.176. The van der Waals surface area contributed by atoms with Crippen molar-refractivity contribution in [3.63, 3.8) is 0 Å². The van der Waals surface area contributed by atoms with Crippen molar-refractivity contribution in [2.75, 3.05) is 0 Å². The van der Waals surface area contributed by atoms with Crippen LogP contribution in [0.2, 0.25) is 0 Å². The second-order valence-corrected chi connectivity index (χ2v) is 6.16. The molecule has 1 amide bonds. The SMILES string of the molecule is CC(=O)NC(CC(=O)c1ccc(Br)cc1)c1cccc([N+](=O)[O-])c1. The maximum Gasteiger partial charge on any atom is 0.269 e. The summed E-state index contributed by atoms with van der Waals surface area (Å²) in [6, 6.07) is 12.2. The number of carbonyl (C=O) groups excluding carboxylic acids is 2. The first-order chi connectivity index (χ1) is 11.4. The molecule has 0 saturated carbocycles. The van der Waals surface area contributed by atoms with E-state index >= 15 is 0 Å². The number of nitro benzene ring substituents is 1. The summed E-state index contributed by atoms with van der Waals surface area (Å²) in [5.74, 6) is -0.470. The second-order valence-electron chi connectivity index (χ2n) is 5.24. The van der Waals surface area contributed by atoms with Crippen LogP contribution in [0.4, 0.5) is 5.69 Å². The average Bonchev–Trinajstić information content (AvgIpc) is 2.54. The first-order valence-electron chi connectivity index (χ1n) is 7.17. The summed E-state index contributed by atoms with van der Waals surface area (Å²) in [5.41, 5.74) is 0.947. The number of rotatable bonds is 6. The highest BCUT2D eigenvalue weighted by Crippen LogP contribution is 2.24. The molecule has 7 heteroatoms. The number of ketones is 1. The molecular formula is C17H15BrN2O4. The van der Waals surface area contributed by atoms with Gasteiger partial charge in [0.25, 0.3) is 5.69 Å². The van der Waals surface area contributed by atoms with Gasteiger partial charge in [-0.15, -0.1) is 0 Å². The lowest BCUT2D eigenvalue weighted by molar-refractivity contribution is -0.384. The molecule has 2 rings (SSSR count). The maximum absolute atomic E-state index is 12.4. The van der Waals surface area contributed by atoms with Gasteiger partial charge >= 0.3 is 0 Å². The van der Waals surface area contributed by atoms with Gasteiger partial charge in [-0.3, -0.25) is 19.7 Å². The molecule has 2 aromatic carbocycles. The monoisotopic (exact) mass is 390 g/mol. The summed E-state index contributed by atoms with van der Waals surface area (Å²) in [4.78, 5) is 34.3. The number of nitrogens with one attached hydrogen (secondary N) is 1. The Morgan fingerprint density at radius 1 is 1.21 bits per heavy atom. The van der Waals surface area contributed by atoms with Crippen LogP contribution in [0.3, 0.4) is 0 Å². The predicted molar refractivity (Wildman–Crippen MR) is 92.7 cm³/mol. The highest BCUT2D eigenvalue weighted by Gasteiger charge is 2.20. The zero-order valence-electron chi connectivity index (χ0n) is 12.9. The Balaban J connectivity index is 2.26. The quantitative estimate of drug-likeness (QED) is 0.461. The molecule has 0 saturated heterocycles. The lowest BCUT2D eigenvalue weighted by atomic mass is 9.97. The van der Waals surface area contributed by atoms with Crippen molar-refractivity contribution in [1.82, 2.24) is 5.32 Å². The highest BCUT2D eigenvalue weighted by atomic mass is 79.9. The van der Waals surface area contributed by atoms with Crippen LogP contribution in [0.25, 0.3) is 0 Å². The van der Waals surface area contributed by atoms with E-state index < -0.39 is 11.0 Å². The normalized spacial score (nSPS) is 11.6. The molecule has 0 spiro atoms. The Bertz CT molecular complexity index is 774. The zero-order valence-corrected chi connectivity index (χ0v) is 14.4. The number of Topliss-reactive ketones (excluding diaryl/α,β-unsaturated/α-hetero) is 1. The van der Waals surface area contributed by atoms with E-state index in [0.717, 1.165) is 4.47 Å². The Morgan fingerprint density at radius 3 is 2.46 bits per heavy atom. The first-order valence-corrected chi connectivity index (χ1v) is 7.96. The summed E-state index contributed by atoms with van der Waals surface area (Å²) < 4.78 is 0.858. The minimum atomic E-state index is -0.626. The Kier molecular flexibility index (Phi) is 5.81. The lowest BCUT2D eigenvalue weighted by Gasteiger charge is -2.17. The highest BCUT2D eigenvalue weighted by molar-refractivity contribution is 9.10. The molecule has 24 heavy (non-hydrogen) atoms. The Labute approximate surface area is 147 Å². The number of non-ortho nitro benzene ring substituents is 1. The summed E-state index contributed by atoms with van der Waals surface area (Å²) in [6.45, 7) is 1.34. The second kappa shape index (κ2) is 7.83. The smallest absolute Gasteiger partial charge is 0.269 e. The number of benzene rings is 2. The van der Waals surface area contributed by atoms with Gasteiger partial charge in [0.1, 0.15) is 0 Å². The van der Waals surface area contributed by atoms with E-state index in [0.29, 0.717) is 11.1 Å². The van der Waals surface area contributed by atoms with Crippen LogP contribution in [-0.2, 0) is 4.79 Å². The molecule has 6 nitrogen and oxygen atoms in total. The van der Waals surface area contributed by atoms with Crippen molar-refractivity contribution in [3.8, 4) is 0 Å². The number of amides is 1. The molecule has 0 aliphatic heterocycles. The Morgan fingerprint density at radius 2 is 1.88 bits per heavy atom. The van der Waals surface area contributed by atoms with Crippen LogP contribution >= 0.6 is 15.9 Å². The van der Waals surface area contributed by atoms with Gasteiger partial charge in [-0.2, -0.15) is 0 Å². The summed E-state index contributed by atoms with van der Waals surface area (Å²) >= 11 is 3.30. The topological polar surface area (TPSA) is 89.3 Å². The predicted octanol–water partition coefficient (Wildman–Crippen LogP) is 3.81. The van der Waals surface area contributed by atoms with Crippen molar-refractivity contribution < 1.29 is 14.5 Å². The number of nitrogens with zero attached hydrogens (tertiary/aromatic N) is 1. The molecule has 0 fully saturated rings. The number of nitro groups is 1. The third-order valence-corrected chi connectivity index (χ3v) is 3.95. The van der Waals surface area contributed by atoms with Crippen molar-refractivity contribution in [1.29, 1.82) is 0 Å². The third kappa shape index (κ3) is 4.73. The van der Waals surface area contributed by atoms with Crippen LogP contribution < -0.4 is 5.32 Å². The number of carbonyl (C=O) groups is 2. The summed E-state index contributed by atoms with van der Waals surface area (Å²) in [7, 11) is 0. The van der Waals surface area contributed by atoms with E-state index in [9.17, 15) is 19.7 Å². The third-order valence-electron chi connectivity index (χ3n) is 3.42. The fourth-order valence-corrected chi connectivity index (χ4v) is 2.56. The molecule has 1 N–H and O–H groups in total. The van der Waals surface area contributed by atoms with Crippen molar-refractivity contribution in [2.24, 2.45) is 0 Å². The molecule has 2 aromatic rings. The molecule has 1 atom stereocenters. The van der Waals surface area contributed by atoms with Gasteiger partial charge in [-0.05, 0) is 17.7 Å². The minimum absolute atomic E-state index is 0.0163. The largest absolute Gasteiger partial charge is 0.349 e. The van der Waals surface area contributed by atoms with Crippen molar-refractivity contribution in [2.45, 2.75) is 19.4 Å². The van der Waals surface area contributed by atoms with Crippen LogP contribution in [0.15, 0.2) is 53.0 Å². The lowest BCUT2D eigenvalue weighted by Crippen LogP contribution is -2.28. The Hall–Kier alpha value is -2.54. The van der Waals surface area contributed by atoms with Gasteiger partial charge in [0.15, 0.2) is 5.78 Å². The van der Waals surface area contributed by atoms with Crippen LogP contribution in [0.1, 0.15) is 35.3 Å². The van der Waals surface area contributed by atoms with Gasteiger partial charge in [-0.25, -0.2) is 0 Å². The average molecular weight is 391 g/mol. The van der Waals surface area contributed by atoms with E-state index in [2.05, 4.69) is 21.2 Å². The standard InChI is InChI=1S/C17H15BrN2O4/c1-11(21)19-16(13-3-2-4-15(9-13)20(23)24)10-17(22)12-5-7-14(18)8-6-12/h2-9,16H,10H2,1H3,(H,19,21). The van der Waals surface area contributed by atoms with E-state index in [1.165, 1.54) is 25.1 Å². The fourth-order valence-electron chi connectivity index (χ4n) is 2.29. The molecule has 124 valence electrons. The molecule has 0 heterocycles. The molecule has 0 bridgehead atoms. The molecule has 1 unspecified atom stereocenters. The summed E-state index contributed by atoms with van der Waals surface area (Å²) in [6.07, 6.45) is 0.0163. The van der Waals surface area contributed by atoms with Crippen molar-refractivity contribution >= 4 is 33.3 Å². The number of hydrogen-bond acceptors (Lipinski definition) is 4. The minimum Gasteiger partial charge on any atom is -0.349 e. The molecule has 0 aliphatic rings. The first kappa shape index (κ1) is 17.8. The van der Waals surface area contributed by atoms with Crippen LogP contribution in [-0.4, -0.2) is 16.6 Å².